The van der Waals surface area contributed by atoms with Crippen LogP contribution in [0.15, 0.2) is 22.8 Å². The molecule has 0 saturated heterocycles. The maximum atomic E-state index is 4.04. The molecule has 0 aromatic carbocycles. The van der Waals surface area contributed by atoms with E-state index in [2.05, 4.69) is 20.2 Å². The van der Waals surface area contributed by atoms with Crippen molar-refractivity contribution in [3.05, 3.63) is 18.2 Å². The minimum absolute atomic E-state index is 0.109. The first-order chi connectivity index (χ1) is 4.88. The molecule has 0 amide bonds. The molecule has 1 aromatic rings. The van der Waals surface area contributed by atoms with Crippen molar-refractivity contribution < 1.29 is 0 Å². The Morgan fingerprint density at radius 1 is 1.50 bits per heavy atom. The Hall–Kier alpha value is -1.32. The molecule has 50 valence electrons. The lowest BCUT2D eigenvalue weighted by Crippen LogP contribution is -1.88. The molecule has 4 nitrogen and oxygen atoms in total. The van der Waals surface area contributed by atoms with Crippen molar-refractivity contribution in [2.45, 2.75) is 13.0 Å². The van der Waals surface area contributed by atoms with Crippen LogP contribution in [-0.2, 0) is 0 Å². The van der Waals surface area contributed by atoms with Gasteiger partial charge in [0.05, 0.1) is 11.9 Å². The fourth-order valence-electron chi connectivity index (χ4n) is 0.934. The first-order valence-corrected chi connectivity index (χ1v) is 3.08. The van der Waals surface area contributed by atoms with Crippen molar-refractivity contribution in [3.8, 4) is 0 Å². The summed E-state index contributed by atoms with van der Waals surface area (Å²) in [6.45, 7) is 1.96. The second-order valence-electron chi connectivity index (χ2n) is 2.18. The highest BCUT2D eigenvalue weighted by atomic mass is 15.2. The summed E-state index contributed by atoms with van der Waals surface area (Å²) < 4.78 is 0. The molecule has 0 saturated carbocycles. The standard InChI is InChI=1S/C6H6N4/c1-4-6-5(10-9-4)2-7-3-8-6/h2-4H,1H3. The number of aromatic nitrogens is 2. The monoisotopic (exact) mass is 134 g/mol. The number of azo groups is 1. The topological polar surface area (TPSA) is 50.5 Å². The highest BCUT2D eigenvalue weighted by molar-refractivity contribution is 5.42. The molecule has 1 aliphatic heterocycles. The minimum atomic E-state index is 0.109. The van der Waals surface area contributed by atoms with Crippen molar-refractivity contribution in [3.63, 3.8) is 0 Å². The second-order valence-corrected chi connectivity index (χ2v) is 2.18. The summed E-state index contributed by atoms with van der Waals surface area (Å²) in [4.78, 5) is 7.87. The van der Waals surface area contributed by atoms with Crippen LogP contribution < -0.4 is 0 Å². The molecule has 1 unspecified atom stereocenters. The molecule has 2 heterocycles. The quantitative estimate of drug-likeness (QED) is 0.541. The molecule has 0 bridgehead atoms. The van der Waals surface area contributed by atoms with Gasteiger partial charge in [-0.3, -0.25) is 0 Å². The van der Waals surface area contributed by atoms with Crippen LogP contribution in [0.4, 0.5) is 5.69 Å². The van der Waals surface area contributed by atoms with E-state index in [0.29, 0.717) is 0 Å². The molecule has 2 rings (SSSR count). The molecule has 0 N–H and O–H groups in total. The molecule has 0 aliphatic carbocycles. The highest BCUT2D eigenvalue weighted by Crippen LogP contribution is 2.31. The third-order valence-corrected chi connectivity index (χ3v) is 1.46. The first-order valence-electron chi connectivity index (χ1n) is 3.08. The van der Waals surface area contributed by atoms with Gasteiger partial charge in [0.1, 0.15) is 18.1 Å². The van der Waals surface area contributed by atoms with Crippen LogP contribution >= 0.6 is 0 Å². The van der Waals surface area contributed by atoms with Crippen LogP contribution in [0.1, 0.15) is 18.7 Å². The lowest BCUT2D eigenvalue weighted by molar-refractivity contribution is 0.781. The third kappa shape index (κ3) is 0.618. The average Bonchev–Trinajstić information content (AvgIpc) is 2.34. The lowest BCUT2D eigenvalue weighted by atomic mass is 10.2. The van der Waals surface area contributed by atoms with Gasteiger partial charge in [0.15, 0.2) is 0 Å². The van der Waals surface area contributed by atoms with Crippen molar-refractivity contribution in [1.82, 2.24) is 9.97 Å². The summed E-state index contributed by atoms with van der Waals surface area (Å²) in [6.07, 6.45) is 3.20. The molecule has 1 aromatic heterocycles. The Morgan fingerprint density at radius 3 is 3.20 bits per heavy atom. The normalized spacial score (nSPS) is 21.1. The fourth-order valence-corrected chi connectivity index (χ4v) is 0.934. The van der Waals surface area contributed by atoms with Gasteiger partial charge in [-0.25, -0.2) is 9.97 Å². The Bertz CT molecular complexity index is 281. The summed E-state index contributed by atoms with van der Waals surface area (Å²) in [5, 5.41) is 7.81. The molecule has 0 radical (unpaired) electrons. The van der Waals surface area contributed by atoms with Gasteiger partial charge in [-0.1, -0.05) is 0 Å². The lowest BCUT2D eigenvalue weighted by Gasteiger charge is -1.95. The second kappa shape index (κ2) is 1.83. The van der Waals surface area contributed by atoms with E-state index in [1.165, 1.54) is 6.33 Å². The Kier molecular flexibility index (Phi) is 1.00. The Labute approximate surface area is 58.0 Å². The molecule has 10 heavy (non-hydrogen) atoms. The molecular formula is C6H6N4. The summed E-state index contributed by atoms with van der Waals surface area (Å²) >= 11 is 0. The average molecular weight is 134 g/mol. The first kappa shape index (κ1) is 5.46. The van der Waals surface area contributed by atoms with Crippen molar-refractivity contribution in [1.29, 1.82) is 0 Å². The largest absolute Gasteiger partial charge is 0.242 e. The molecule has 1 atom stereocenters. The fraction of sp³-hybridized carbons (Fsp3) is 0.333. The van der Waals surface area contributed by atoms with Gasteiger partial charge in [-0.05, 0) is 6.92 Å². The zero-order valence-electron chi connectivity index (χ0n) is 5.52. The smallest absolute Gasteiger partial charge is 0.127 e. The number of fused-ring (bicyclic) bond motifs is 1. The maximum absolute atomic E-state index is 4.04. The van der Waals surface area contributed by atoms with Gasteiger partial charge in [0, 0.05) is 0 Å². The van der Waals surface area contributed by atoms with E-state index in [0.717, 1.165) is 11.4 Å². The number of rotatable bonds is 0. The summed E-state index contributed by atoms with van der Waals surface area (Å²) in [5.41, 5.74) is 1.73. The van der Waals surface area contributed by atoms with E-state index >= 15 is 0 Å². The third-order valence-electron chi connectivity index (χ3n) is 1.46. The van der Waals surface area contributed by atoms with Crippen molar-refractivity contribution in [2.75, 3.05) is 0 Å². The van der Waals surface area contributed by atoms with Gasteiger partial charge in [-0.15, -0.1) is 0 Å². The van der Waals surface area contributed by atoms with E-state index < -0.39 is 0 Å². The van der Waals surface area contributed by atoms with Gasteiger partial charge >= 0.3 is 0 Å². The Balaban J connectivity index is 2.59. The van der Waals surface area contributed by atoms with Gasteiger partial charge in [0.2, 0.25) is 0 Å². The zero-order valence-corrected chi connectivity index (χ0v) is 5.52. The SMILES string of the molecule is CC1N=Nc2cncnc21. The maximum Gasteiger partial charge on any atom is 0.127 e. The highest BCUT2D eigenvalue weighted by Gasteiger charge is 2.16. The summed E-state index contributed by atoms with van der Waals surface area (Å²) in [5.74, 6) is 0. The van der Waals surface area contributed by atoms with Crippen LogP contribution in [0.3, 0.4) is 0 Å². The molecular weight excluding hydrogens is 128 g/mol. The summed E-state index contributed by atoms with van der Waals surface area (Å²) in [7, 11) is 0. The number of nitrogens with zero attached hydrogens (tertiary/aromatic N) is 4. The predicted molar refractivity (Wildman–Crippen MR) is 35.0 cm³/mol. The molecule has 0 spiro atoms. The van der Waals surface area contributed by atoms with E-state index in [4.69, 9.17) is 0 Å². The van der Waals surface area contributed by atoms with Crippen molar-refractivity contribution >= 4 is 5.69 Å². The van der Waals surface area contributed by atoms with Crippen LogP contribution in [-0.4, -0.2) is 9.97 Å². The predicted octanol–water partition coefficient (Wildman–Crippen LogP) is 1.63. The minimum Gasteiger partial charge on any atom is -0.242 e. The van der Waals surface area contributed by atoms with Crippen LogP contribution in [0.25, 0.3) is 0 Å². The Morgan fingerprint density at radius 2 is 2.40 bits per heavy atom. The van der Waals surface area contributed by atoms with E-state index in [1.54, 1.807) is 6.20 Å². The van der Waals surface area contributed by atoms with Gasteiger partial charge < -0.3 is 0 Å². The van der Waals surface area contributed by atoms with Gasteiger partial charge in [0.25, 0.3) is 0 Å². The van der Waals surface area contributed by atoms with Crippen LogP contribution in [0.2, 0.25) is 0 Å². The van der Waals surface area contributed by atoms with Crippen LogP contribution in [0.5, 0.6) is 0 Å². The van der Waals surface area contributed by atoms with E-state index in [1.807, 2.05) is 6.92 Å². The molecule has 0 fully saturated rings. The van der Waals surface area contributed by atoms with Gasteiger partial charge in [-0.2, -0.15) is 10.2 Å². The number of hydrogen-bond acceptors (Lipinski definition) is 4. The zero-order chi connectivity index (χ0) is 6.97. The van der Waals surface area contributed by atoms with E-state index in [9.17, 15) is 0 Å². The molecule has 1 aliphatic rings. The van der Waals surface area contributed by atoms with E-state index in [-0.39, 0.29) is 6.04 Å². The van der Waals surface area contributed by atoms with Crippen molar-refractivity contribution in [2.24, 2.45) is 10.2 Å². The summed E-state index contributed by atoms with van der Waals surface area (Å²) in [6, 6.07) is 0.109. The van der Waals surface area contributed by atoms with Crippen LogP contribution in [0, 0.1) is 0 Å². The molecule has 4 heteroatoms. The number of hydrogen-bond donors (Lipinski definition) is 0.